The van der Waals surface area contributed by atoms with Crippen LogP contribution in [0.25, 0.3) is 0 Å². The summed E-state index contributed by atoms with van der Waals surface area (Å²) >= 11 is 0. The molecule has 3 rings (SSSR count). The summed E-state index contributed by atoms with van der Waals surface area (Å²) in [6.45, 7) is 0. The Morgan fingerprint density at radius 3 is 1.86 bits per heavy atom. The van der Waals surface area contributed by atoms with E-state index >= 15 is 0 Å². The highest BCUT2D eigenvalue weighted by Gasteiger charge is 2.19. The van der Waals surface area contributed by atoms with Crippen molar-refractivity contribution in [2.24, 2.45) is 0 Å². The maximum atomic E-state index is 12.4. The van der Waals surface area contributed by atoms with Crippen LogP contribution in [-0.2, 0) is 25.8 Å². The molecule has 0 aliphatic rings. The standard InChI is InChI=1S/C20H18N2O5S2/c23-20(17-9-5-2-6-10-17)22-29(26,27)19-13-11-18(12-14-19)21-28(24,25)15-16-7-3-1-4-8-16/h1-14,21H,15H2,(H,22,23). The SMILES string of the molecule is O=C(NS(=O)(=O)c1ccc(NS(=O)(=O)Cc2ccccc2)cc1)c1ccccc1. The van der Waals surface area contributed by atoms with Gasteiger partial charge in [-0.1, -0.05) is 48.5 Å². The Bertz CT molecular complexity index is 1190. The molecule has 0 saturated carbocycles. The van der Waals surface area contributed by atoms with Crippen molar-refractivity contribution in [2.45, 2.75) is 10.6 Å². The molecule has 150 valence electrons. The third kappa shape index (κ3) is 5.66. The van der Waals surface area contributed by atoms with Gasteiger partial charge >= 0.3 is 0 Å². The Hall–Kier alpha value is -3.17. The smallest absolute Gasteiger partial charge is 0.264 e. The van der Waals surface area contributed by atoms with Gasteiger partial charge in [0.25, 0.3) is 15.9 Å². The summed E-state index contributed by atoms with van der Waals surface area (Å²) < 4.78 is 53.7. The fourth-order valence-electron chi connectivity index (χ4n) is 2.54. The highest BCUT2D eigenvalue weighted by atomic mass is 32.2. The topological polar surface area (TPSA) is 109 Å². The van der Waals surface area contributed by atoms with Crippen LogP contribution in [0.2, 0.25) is 0 Å². The van der Waals surface area contributed by atoms with Crippen LogP contribution in [-0.4, -0.2) is 22.7 Å². The Morgan fingerprint density at radius 1 is 0.724 bits per heavy atom. The molecule has 7 nitrogen and oxygen atoms in total. The Kier molecular flexibility index (Phi) is 6.00. The lowest BCUT2D eigenvalue weighted by molar-refractivity contribution is 0.0981. The zero-order valence-corrected chi connectivity index (χ0v) is 16.8. The van der Waals surface area contributed by atoms with E-state index in [-0.39, 0.29) is 21.9 Å². The Morgan fingerprint density at radius 2 is 1.28 bits per heavy atom. The number of carbonyl (C=O) groups is 1. The van der Waals surface area contributed by atoms with Crippen LogP contribution in [0.5, 0.6) is 0 Å². The minimum atomic E-state index is -4.09. The number of hydrogen-bond acceptors (Lipinski definition) is 5. The summed E-state index contributed by atoms with van der Waals surface area (Å²) in [6.07, 6.45) is 0. The average Bonchev–Trinajstić information content (AvgIpc) is 2.69. The van der Waals surface area contributed by atoms with Crippen LogP contribution in [0, 0.1) is 0 Å². The van der Waals surface area contributed by atoms with Crippen molar-refractivity contribution in [3.63, 3.8) is 0 Å². The zero-order valence-electron chi connectivity index (χ0n) is 15.1. The maximum absolute atomic E-state index is 12.4. The highest BCUT2D eigenvalue weighted by molar-refractivity contribution is 7.92. The molecule has 0 fully saturated rings. The summed E-state index contributed by atoms with van der Waals surface area (Å²) in [5.41, 5.74) is 1.05. The second-order valence-corrected chi connectivity index (χ2v) is 9.58. The van der Waals surface area contributed by atoms with Crippen molar-refractivity contribution in [3.05, 3.63) is 96.1 Å². The van der Waals surface area contributed by atoms with Crippen molar-refractivity contribution in [1.29, 1.82) is 0 Å². The molecule has 0 bridgehead atoms. The van der Waals surface area contributed by atoms with Crippen molar-refractivity contribution in [1.82, 2.24) is 4.72 Å². The molecule has 0 aliphatic carbocycles. The molecular weight excluding hydrogens is 412 g/mol. The van der Waals surface area contributed by atoms with Crippen LogP contribution in [0.3, 0.4) is 0 Å². The van der Waals surface area contributed by atoms with Crippen LogP contribution in [0.1, 0.15) is 15.9 Å². The number of hydrogen-bond donors (Lipinski definition) is 2. The van der Waals surface area contributed by atoms with E-state index in [1.807, 2.05) is 4.72 Å². The van der Waals surface area contributed by atoms with Gasteiger partial charge in [0.2, 0.25) is 10.0 Å². The zero-order chi connectivity index (χ0) is 20.9. The van der Waals surface area contributed by atoms with Crippen LogP contribution >= 0.6 is 0 Å². The molecule has 2 N–H and O–H groups in total. The lowest BCUT2D eigenvalue weighted by Crippen LogP contribution is -2.30. The van der Waals surface area contributed by atoms with E-state index in [9.17, 15) is 21.6 Å². The summed E-state index contributed by atoms with van der Waals surface area (Å²) in [4.78, 5) is 11.9. The summed E-state index contributed by atoms with van der Waals surface area (Å²) in [7, 11) is -7.75. The van der Waals surface area contributed by atoms with E-state index in [1.165, 1.54) is 36.4 Å². The second kappa shape index (κ2) is 8.46. The van der Waals surface area contributed by atoms with Crippen molar-refractivity contribution < 1.29 is 21.6 Å². The minimum absolute atomic E-state index is 0.159. The number of sulfonamides is 2. The molecule has 29 heavy (non-hydrogen) atoms. The molecule has 9 heteroatoms. The monoisotopic (exact) mass is 430 g/mol. The van der Waals surface area contributed by atoms with Gasteiger partial charge in [0.1, 0.15) is 0 Å². The first-order valence-corrected chi connectivity index (χ1v) is 11.7. The molecule has 1 amide bonds. The summed E-state index contributed by atoms with van der Waals surface area (Å²) in [6, 6.07) is 21.7. The normalized spacial score (nSPS) is 11.6. The van der Waals surface area contributed by atoms with E-state index in [1.54, 1.807) is 48.5 Å². The van der Waals surface area contributed by atoms with Crippen LogP contribution < -0.4 is 9.44 Å². The maximum Gasteiger partial charge on any atom is 0.264 e. The highest BCUT2D eigenvalue weighted by Crippen LogP contribution is 2.17. The first-order valence-electron chi connectivity index (χ1n) is 8.52. The predicted molar refractivity (Wildman–Crippen MR) is 110 cm³/mol. The first-order chi connectivity index (χ1) is 13.8. The van der Waals surface area contributed by atoms with Crippen LogP contribution in [0.15, 0.2) is 89.8 Å². The molecule has 0 aromatic heterocycles. The number of carbonyl (C=O) groups excluding carboxylic acids is 1. The number of amides is 1. The van der Waals surface area contributed by atoms with Gasteiger partial charge in [-0.2, -0.15) is 0 Å². The van der Waals surface area contributed by atoms with E-state index < -0.39 is 26.0 Å². The van der Waals surface area contributed by atoms with Crippen molar-refractivity contribution >= 4 is 31.6 Å². The fraction of sp³-hybridized carbons (Fsp3) is 0.0500. The molecule has 0 saturated heterocycles. The number of nitrogens with one attached hydrogen (secondary N) is 2. The molecule has 0 spiro atoms. The molecular formula is C20H18N2O5S2. The lowest BCUT2D eigenvalue weighted by Gasteiger charge is -2.10. The molecule has 3 aromatic carbocycles. The number of benzene rings is 3. The molecule has 3 aromatic rings. The van der Waals surface area contributed by atoms with Gasteiger partial charge < -0.3 is 0 Å². The van der Waals surface area contributed by atoms with Gasteiger partial charge in [0.05, 0.1) is 10.6 Å². The van der Waals surface area contributed by atoms with E-state index in [4.69, 9.17) is 0 Å². The predicted octanol–water partition coefficient (Wildman–Crippen LogP) is 2.75. The third-order valence-corrected chi connectivity index (χ3v) is 6.51. The summed E-state index contributed by atoms with van der Waals surface area (Å²) in [5, 5.41) is 0. The van der Waals surface area contributed by atoms with Crippen molar-refractivity contribution in [2.75, 3.05) is 4.72 Å². The number of rotatable bonds is 7. The second-order valence-electron chi connectivity index (χ2n) is 6.17. The summed E-state index contributed by atoms with van der Waals surface area (Å²) in [5.74, 6) is -0.959. The average molecular weight is 431 g/mol. The molecule has 0 unspecified atom stereocenters. The van der Waals surface area contributed by atoms with Gasteiger partial charge in [0, 0.05) is 11.3 Å². The van der Waals surface area contributed by atoms with E-state index in [0.717, 1.165) is 0 Å². The Balaban J connectivity index is 1.70. The van der Waals surface area contributed by atoms with Gasteiger partial charge in [-0.15, -0.1) is 0 Å². The first kappa shape index (κ1) is 20.6. The van der Waals surface area contributed by atoms with E-state index in [0.29, 0.717) is 5.56 Å². The van der Waals surface area contributed by atoms with Gasteiger partial charge in [0.15, 0.2) is 0 Å². The van der Waals surface area contributed by atoms with Crippen LogP contribution in [0.4, 0.5) is 5.69 Å². The third-order valence-electron chi connectivity index (χ3n) is 3.90. The van der Waals surface area contributed by atoms with Gasteiger partial charge in [-0.3, -0.25) is 9.52 Å². The largest absolute Gasteiger partial charge is 0.283 e. The Labute approximate surface area is 169 Å². The molecule has 0 atom stereocenters. The molecule has 0 heterocycles. The molecule has 0 aliphatic heterocycles. The molecule has 0 radical (unpaired) electrons. The van der Waals surface area contributed by atoms with Gasteiger partial charge in [-0.05, 0) is 42.0 Å². The van der Waals surface area contributed by atoms with Crippen molar-refractivity contribution in [3.8, 4) is 0 Å². The van der Waals surface area contributed by atoms with E-state index in [2.05, 4.69) is 4.72 Å². The quantitative estimate of drug-likeness (QED) is 0.599. The number of anilines is 1. The fourth-order valence-corrected chi connectivity index (χ4v) is 4.71. The van der Waals surface area contributed by atoms with Gasteiger partial charge in [-0.25, -0.2) is 21.6 Å². The lowest BCUT2D eigenvalue weighted by atomic mass is 10.2. The minimum Gasteiger partial charge on any atom is -0.283 e.